The van der Waals surface area contributed by atoms with Gasteiger partial charge in [0.25, 0.3) is 5.88 Å². The molecular weight excluding hydrogens is 260 g/mol. The molecule has 2 aromatic carbocycles. The Morgan fingerprint density at radius 3 is 2.89 bits per heavy atom. The van der Waals surface area contributed by atoms with Crippen molar-refractivity contribution >= 4 is 33.0 Å². The molecule has 96 valence electrons. The highest BCUT2D eigenvalue weighted by molar-refractivity contribution is 7.10. The Bertz CT molecular complexity index is 692. The molecule has 0 amide bonds. The Kier molecular flexibility index (Phi) is 3.26. The number of rotatable bonds is 4. The lowest BCUT2D eigenvalue weighted by Gasteiger charge is -2.08. The lowest BCUT2D eigenvalue weighted by molar-refractivity contribution is 0.318. The SMILES string of the molecule is NCOc1nnsc1Nc1cccc2ccccc12. The zero-order valence-corrected chi connectivity index (χ0v) is 10.9. The average molecular weight is 272 g/mol. The van der Waals surface area contributed by atoms with Crippen LogP contribution in [0.4, 0.5) is 10.7 Å². The van der Waals surface area contributed by atoms with Crippen LogP contribution in [-0.4, -0.2) is 16.3 Å². The predicted octanol–water partition coefficient (Wildman–Crippen LogP) is 2.73. The Hall–Kier alpha value is -2.18. The minimum atomic E-state index is 0.0790. The number of ether oxygens (including phenoxy) is 1. The number of anilines is 2. The lowest BCUT2D eigenvalue weighted by atomic mass is 10.1. The summed E-state index contributed by atoms with van der Waals surface area (Å²) in [7, 11) is 0. The molecule has 0 saturated carbocycles. The molecule has 0 saturated heterocycles. The third-order valence-electron chi connectivity index (χ3n) is 2.72. The number of benzene rings is 2. The minimum Gasteiger partial charge on any atom is -0.459 e. The summed E-state index contributed by atoms with van der Waals surface area (Å²) in [5.74, 6) is 0.431. The van der Waals surface area contributed by atoms with Crippen molar-refractivity contribution in [2.24, 2.45) is 5.73 Å². The highest BCUT2D eigenvalue weighted by Crippen LogP contribution is 2.32. The third kappa shape index (κ3) is 2.35. The standard InChI is InChI=1S/C13H12N4OS/c14-8-18-12-13(19-17-16-12)15-11-7-3-5-9-4-1-2-6-10(9)11/h1-7,15H,8,14H2. The molecule has 6 heteroatoms. The number of hydrogen-bond acceptors (Lipinski definition) is 6. The van der Waals surface area contributed by atoms with Crippen LogP contribution in [0.15, 0.2) is 42.5 Å². The quantitative estimate of drug-likeness (QED) is 0.714. The van der Waals surface area contributed by atoms with Gasteiger partial charge in [-0.2, -0.15) is 0 Å². The summed E-state index contributed by atoms with van der Waals surface area (Å²) in [5.41, 5.74) is 6.35. The van der Waals surface area contributed by atoms with Crippen molar-refractivity contribution in [1.82, 2.24) is 9.59 Å². The summed E-state index contributed by atoms with van der Waals surface area (Å²) in [6, 6.07) is 14.2. The van der Waals surface area contributed by atoms with Crippen LogP contribution >= 0.6 is 11.5 Å². The summed E-state index contributed by atoms with van der Waals surface area (Å²) >= 11 is 1.24. The van der Waals surface area contributed by atoms with Crippen molar-refractivity contribution in [1.29, 1.82) is 0 Å². The van der Waals surface area contributed by atoms with E-state index in [1.807, 2.05) is 24.3 Å². The van der Waals surface area contributed by atoms with Gasteiger partial charge in [0.1, 0.15) is 6.73 Å². The van der Waals surface area contributed by atoms with Crippen LogP contribution in [0, 0.1) is 0 Å². The fourth-order valence-corrected chi connectivity index (χ4v) is 2.42. The van der Waals surface area contributed by atoms with Crippen molar-refractivity contribution in [2.45, 2.75) is 0 Å². The molecular formula is C13H12N4OS. The van der Waals surface area contributed by atoms with E-state index in [-0.39, 0.29) is 6.73 Å². The van der Waals surface area contributed by atoms with E-state index >= 15 is 0 Å². The molecule has 0 fully saturated rings. The summed E-state index contributed by atoms with van der Waals surface area (Å²) in [5, 5.41) is 10.2. The smallest absolute Gasteiger partial charge is 0.272 e. The highest BCUT2D eigenvalue weighted by Gasteiger charge is 2.10. The van der Waals surface area contributed by atoms with Crippen LogP contribution in [0.1, 0.15) is 0 Å². The molecule has 0 aliphatic carbocycles. The van der Waals surface area contributed by atoms with Gasteiger partial charge in [-0.05, 0) is 11.5 Å². The fourth-order valence-electron chi connectivity index (χ4n) is 1.89. The second-order valence-corrected chi connectivity index (χ2v) is 4.62. The highest BCUT2D eigenvalue weighted by atomic mass is 32.1. The summed E-state index contributed by atoms with van der Waals surface area (Å²) < 4.78 is 9.08. The normalized spacial score (nSPS) is 10.6. The third-order valence-corrected chi connectivity index (χ3v) is 3.34. The second-order valence-electron chi connectivity index (χ2n) is 3.87. The van der Waals surface area contributed by atoms with E-state index < -0.39 is 0 Å². The number of hydrogen-bond donors (Lipinski definition) is 2. The zero-order chi connectivity index (χ0) is 13.1. The summed E-state index contributed by atoms with van der Waals surface area (Å²) in [6.07, 6.45) is 0. The average Bonchev–Trinajstić information content (AvgIpc) is 2.87. The molecule has 3 rings (SSSR count). The molecule has 3 aromatic rings. The number of nitrogens with one attached hydrogen (secondary N) is 1. The van der Waals surface area contributed by atoms with E-state index in [4.69, 9.17) is 10.5 Å². The van der Waals surface area contributed by atoms with Crippen LogP contribution in [0.5, 0.6) is 5.88 Å². The molecule has 0 aliphatic rings. The van der Waals surface area contributed by atoms with E-state index in [0.717, 1.165) is 16.1 Å². The van der Waals surface area contributed by atoms with Crippen molar-refractivity contribution in [2.75, 3.05) is 12.0 Å². The Labute approximate surface area is 114 Å². The van der Waals surface area contributed by atoms with Gasteiger partial charge in [0.2, 0.25) is 0 Å². The van der Waals surface area contributed by atoms with Gasteiger partial charge in [-0.25, -0.2) is 0 Å². The first kappa shape index (κ1) is 11.9. The lowest BCUT2D eigenvalue weighted by Crippen LogP contribution is -2.08. The summed E-state index contributed by atoms with van der Waals surface area (Å²) in [4.78, 5) is 0. The van der Waals surface area contributed by atoms with E-state index in [1.165, 1.54) is 16.9 Å². The van der Waals surface area contributed by atoms with Gasteiger partial charge < -0.3 is 10.1 Å². The fraction of sp³-hybridized carbons (Fsp3) is 0.0769. The summed E-state index contributed by atoms with van der Waals surface area (Å²) in [6.45, 7) is 0.0790. The molecule has 0 atom stereocenters. The van der Waals surface area contributed by atoms with E-state index in [9.17, 15) is 0 Å². The van der Waals surface area contributed by atoms with Gasteiger partial charge in [0.15, 0.2) is 5.00 Å². The maximum Gasteiger partial charge on any atom is 0.272 e. The number of aromatic nitrogens is 2. The molecule has 0 aliphatic heterocycles. The van der Waals surface area contributed by atoms with Crippen molar-refractivity contribution < 1.29 is 4.74 Å². The van der Waals surface area contributed by atoms with Crippen LogP contribution in [0.2, 0.25) is 0 Å². The van der Waals surface area contributed by atoms with Crippen molar-refractivity contribution in [3.63, 3.8) is 0 Å². The topological polar surface area (TPSA) is 73.1 Å². The van der Waals surface area contributed by atoms with E-state index in [1.54, 1.807) is 0 Å². The van der Waals surface area contributed by atoms with Crippen LogP contribution in [0.25, 0.3) is 10.8 Å². The van der Waals surface area contributed by atoms with Crippen LogP contribution < -0.4 is 15.8 Å². The van der Waals surface area contributed by atoms with Crippen LogP contribution in [0.3, 0.4) is 0 Å². The Balaban J connectivity index is 1.99. The predicted molar refractivity (Wildman–Crippen MR) is 76.8 cm³/mol. The van der Waals surface area contributed by atoms with Gasteiger partial charge in [-0.15, -0.1) is 0 Å². The van der Waals surface area contributed by atoms with Gasteiger partial charge in [0.05, 0.1) is 0 Å². The monoisotopic (exact) mass is 272 g/mol. The maximum absolute atomic E-state index is 5.36. The van der Waals surface area contributed by atoms with Gasteiger partial charge in [-0.1, -0.05) is 46.0 Å². The van der Waals surface area contributed by atoms with E-state index in [2.05, 4.69) is 33.1 Å². The van der Waals surface area contributed by atoms with Gasteiger partial charge >= 0.3 is 0 Å². The first-order valence-electron chi connectivity index (χ1n) is 5.78. The first-order valence-corrected chi connectivity index (χ1v) is 6.56. The van der Waals surface area contributed by atoms with Crippen molar-refractivity contribution in [3.05, 3.63) is 42.5 Å². The Morgan fingerprint density at radius 1 is 1.16 bits per heavy atom. The molecule has 3 N–H and O–H groups in total. The molecule has 5 nitrogen and oxygen atoms in total. The van der Waals surface area contributed by atoms with Crippen molar-refractivity contribution in [3.8, 4) is 5.88 Å². The number of fused-ring (bicyclic) bond motifs is 1. The molecule has 19 heavy (non-hydrogen) atoms. The maximum atomic E-state index is 5.36. The molecule has 0 unspecified atom stereocenters. The molecule has 0 radical (unpaired) electrons. The number of nitrogens with two attached hydrogens (primary N) is 1. The van der Waals surface area contributed by atoms with Crippen LogP contribution in [-0.2, 0) is 0 Å². The molecule has 0 bridgehead atoms. The first-order chi connectivity index (χ1) is 9.38. The van der Waals surface area contributed by atoms with Gasteiger partial charge in [0, 0.05) is 22.6 Å². The molecule has 1 aromatic heterocycles. The Morgan fingerprint density at radius 2 is 2.00 bits per heavy atom. The zero-order valence-electron chi connectivity index (χ0n) is 10.0. The minimum absolute atomic E-state index is 0.0790. The van der Waals surface area contributed by atoms with Gasteiger partial charge in [-0.3, -0.25) is 5.73 Å². The largest absolute Gasteiger partial charge is 0.459 e. The number of nitrogens with zero attached hydrogens (tertiary/aromatic N) is 2. The van der Waals surface area contributed by atoms with E-state index in [0.29, 0.717) is 5.88 Å². The molecule has 0 spiro atoms. The molecule has 1 heterocycles. The second kappa shape index (κ2) is 5.21.